The molecule has 0 fully saturated rings. The molecule has 0 amide bonds. The summed E-state index contributed by atoms with van der Waals surface area (Å²) in [4.78, 5) is 20.4. The van der Waals surface area contributed by atoms with Crippen LogP contribution >= 0.6 is 0 Å². The Morgan fingerprint density at radius 1 is 0.463 bits per heavy atom. The van der Waals surface area contributed by atoms with E-state index in [0.717, 1.165) is 25.7 Å². The van der Waals surface area contributed by atoms with E-state index in [1.807, 2.05) is 0 Å². The van der Waals surface area contributed by atoms with Gasteiger partial charge in [-0.1, -0.05) is 117 Å². The molecule has 0 aromatic heterocycles. The van der Waals surface area contributed by atoms with Crippen molar-refractivity contribution in [2.24, 2.45) is 0 Å². The maximum atomic E-state index is 10.2. The Morgan fingerprint density at radius 2 is 0.732 bits per heavy atom. The van der Waals surface area contributed by atoms with E-state index in [1.165, 1.54) is 89.9 Å². The molecule has 0 spiro atoms. The first-order chi connectivity index (χ1) is 20.0. The summed E-state index contributed by atoms with van der Waals surface area (Å²) in [5.41, 5.74) is 0. The van der Waals surface area contributed by atoms with Crippen LogP contribution in [0.4, 0.5) is 0 Å². The van der Waals surface area contributed by atoms with E-state index >= 15 is 0 Å². The molecule has 0 saturated heterocycles. The molecule has 0 unspecified atom stereocenters. The van der Waals surface area contributed by atoms with Crippen LogP contribution in [0.1, 0.15) is 142 Å². The number of unbranched alkanes of at least 4 members (excludes halogenated alkanes) is 16. The van der Waals surface area contributed by atoms with Crippen LogP contribution in [0.2, 0.25) is 0 Å². The van der Waals surface area contributed by atoms with Gasteiger partial charge in [-0.05, 0) is 12.8 Å². The van der Waals surface area contributed by atoms with Gasteiger partial charge in [-0.25, -0.2) is 0 Å². The van der Waals surface area contributed by atoms with Crippen molar-refractivity contribution in [2.45, 2.75) is 142 Å². The van der Waals surface area contributed by atoms with Gasteiger partial charge in [0.25, 0.3) is 0 Å². The maximum absolute atomic E-state index is 10.2. The molecular weight excluding hydrogens is 697 g/mol. The van der Waals surface area contributed by atoms with Gasteiger partial charge in [-0.15, -0.1) is 0 Å². The van der Waals surface area contributed by atoms with Gasteiger partial charge < -0.3 is 10.2 Å². The summed E-state index contributed by atoms with van der Waals surface area (Å²) in [6, 6.07) is 21.8. The van der Waals surface area contributed by atoms with Crippen molar-refractivity contribution in [3.8, 4) is 0 Å². The molecule has 0 aliphatic carbocycles. The zero-order chi connectivity index (χ0) is 30.2. The normalized spacial score (nSPS) is 10.0. The summed E-state index contributed by atoms with van der Waals surface area (Å²) in [5.74, 6) is -1.32. The molecule has 2 rings (SSSR count). The van der Waals surface area contributed by atoms with Crippen LogP contribution < -0.4 is 6.14 Å². The first kappa shape index (κ1) is 39.3. The third-order valence-corrected chi connectivity index (χ3v) is 13.9. The van der Waals surface area contributed by atoms with E-state index in [4.69, 9.17) is 10.2 Å². The molecule has 0 aliphatic rings. The quantitative estimate of drug-likeness (QED) is 0.0928. The number of carboxylic acid groups (broad SMARTS) is 2. The Morgan fingerprint density at radius 3 is 1.00 bits per heavy atom. The van der Waals surface area contributed by atoms with E-state index in [2.05, 4.69) is 74.5 Å². The van der Waals surface area contributed by atoms with Crippen LogP contribution in [0, 0.1) is 0 Å². The Labute approximate surface area is 264 Å². The topological polar surface area (TPSA) is 74.6 Å². The van der Waals surface area contributed by atoms with E-state index in [9.17, 15) is 9.59 Å². The SMILES string of the molecule is CCCCCCCCCCCC(=O)O.CCCCCCCCCCCC(=O)O.c1cc[c]([Hg][c]2ccccc2)cc1. The average molecular weight is 755 g/mol. The summed E-state index contributed by atoms with van der Waals surface area (Å²) in [7, 11) is 0. The Hall–Kier alpha value is -1.68. The summed E-state index contributed by atoms with van der Waals surface area (Å²) < 4.78 is 3.18. The van der Waals surface area contributed by atoms with Crippen LogP contribution in [0.15, 0.2) is 60.7 Å². The zero-order valence-corrected chi connectivity index (χ0v) is 31.8. The Balaban J connectivity index is 0.000000585. The van der Waals surface area contributed by atoms with E-state index in [0.29, 0.717) is 12.8 Å². The third-order valence-electron chi connectivity index (χ3n) is 7.08. The minimum absolute atomic E-state index is 0.343. The second-order valence-electron chi connectivity index (χ2n) is 11.1. The zero-order valence-electron chi connectivity index (χ0n) is 26.3. The van der Waals surface area contributed by atoms with E-state index in [-0.39, 0.29) is 0 Å². The third kappa shape index (κ3) is 31.1. The van der Waals surface area contributed by atoms with Crippen molar-refractivity contribution >= 4 is 18.1 Å². The number of hydrogen-bond acceptors (Lipinski definition) is 2. The molecule has 228 valence electrons. The fourth-order valence-corrected chi connectivity index (χ4v) is 10.4. The number of benzene rings is 2. The molecule has 0 aliphatic heterocycles. The molecule has 5 heteroatoms. The minimum atomic E-state index is -0.992. The summed E-state index contributed by atoms with van der Waals surface area (Å²) in [5, 5.41) is 16.8. The molecule has 0 radical (unpaired) electrons. The van der Waals surface area contributed by atoms with Gasteiger partial charge in [0.2, 0.25) is 0 Å². The fraction of sp³-hybridized carbons (Fsp3) is 0.611. The summed E-state index contributed by atoms with van der Waals surface area (Å²) >= 11 is -0.992. The summed E-state index contributed by atoms with van der Waals surface area (Å²) in [6.07, 6.45) is 23.0. The Kier molecular flexibility index (Phi) is 30.0. The Bertz CT molecular complexity index is 756. The first-order valence-electron chi connectivity index (χ1n) is 16.5. The molecular formula is C36H58HgO4. The predicted octanol–water partition coefficient (Wildman–Crippen LogP) is 9.70. The molecule has 0 saturated carbocycles. The van der Waals surface area contributed by atoms with Gasteiger partial charge in [-0.3, -0.25) is 9.59 Å². The molecule has 0 bridgehead atoms. The van der Waals surface area contributed by atoms with Crippen LogP contribution in [-0.2, 0) is 34.2 Å². The van der Waals surface area contributed by atoms with E-state index in [1.54, 1.807) is 6.14 Å². The molecule has 41 heavy (non-hydrogen) atoms. The van der Waals surface area contributed by atoms with Crippen molar-refractivity contribution in [3.05, 3.63) is 60.7 Å². The molecule has 2 N–H and O–H groups in total. The standard InChI is InChI=1S/2C12H24O2.2C6H5.Hg/c2*1-2-3-4-5-6-7-8-9-10-11-12(13)14;2*1-2-4-6-5-3-1;/h2*2-11H2,1H3,(H,13,14);2*1-5H;. The van der Waals surface area contributed by atoms with Crippen molar-refractivity contribution in [2.75, 3.05) is 0 Å². The average Bonchev–Trinajstić information content (AvgIpc) is 2.97. The van der Waals surface area contributed by atoms with Crippen molar-refractivity contribution in [3.63, 3.8) is 0 Å². The molecule has 4 nitrogen and oxygen atoms in total. The van der Waals surface area contributed by atoms with Gasteiger partial charge in [0.15, 0.2) is 0 Å². The summed E-state index contributed by atoms with van der Waals surface area (Å²) in [6.45, 7) is 4.46. The predicted molar refractivity (Wildman–Crippen MR) is 171 cm³/mol. The number of rotatable bonds is 22. The number of hydrogen-bond donors (Lipinski definition) is 2. The number of aliphatic carboxylic acids is 2. The van der Waals surface area contributed by atoms with Gasteiger partial charge in [-0.2, -0.15) is 0 Å². The van der Waals surface area contributed by atoms with Crippen molar-refractivity contribution in [1.29, 1.82) is 0 Å². The van der Waals surface area contributed by atoms with Crippen LogP contribution in [0.3, 0.4) is 0 Å². The first-order valence-corrected chi connectivity index (χ1v) is 22.0. The van der Waals surface area contributed by atoms with Crippen LogP contribution in [0.25, 0.3) is 0 Å². The molecule has 2 aromatic carbocycles. The molecule has 0 heterocycles. The second-order valence-corrected chi connectivity index (χ2v) is 18.8. The monoisotopic (exact) mass is 756 g/mol. The van der Waals surface area contributed by atoms with Crippen LogP contribution in [-0.4, -0.2) is 22.2 Å². The number of carbonyl (C=O) groups is 2. The van der Waals surface area contributed by atoms with E-state index < -0.39 is 36.5 Å². The van der Waals surface area contributed by atoms with Gasteiger partial charge in [0.1, 0.15) is 0 Å². The molecule has 0 atom stereocenters. The van der Waals surface area contributed by atoms with Gasteiger partial charge in [0, 0.05) is 12.8 Å². The van der Waals surface area contributed by atoms with Gasteiger partial charge >= 0.3 is 103 Å². The van der Waals surface area contributed by atoms with Crippen molar-refractivity contribution in [1.82, 2.24) is 0 Å². The molecule has 2 aromatic rings. The number of carboxylic acids is 2. The second kappa shape index (κ2) is 31.3. The van der Waals surface area contributed by atoms with Crippen LogP contribution in [0.5, 0.6) is 0 Å². The fourth-order valence-electron chi connectivity index (χ4n) is 4.60. The van der Waals surface area contributed by atoms with Crippen molar-refractivity contribution < 1.29 is 44.4 Å². The van der Waals surface area contributed by atoms with Gasteiger partial charge in [0.05, 0.1) is 0 Å².